The summed E-state index contributed by atoms with van der Waals surface area (Å²) in [5.74, 6) is -0.477. The molecule has 0 bridgehead atoms. The second kappa shape index (κ2) is 5.27. The summed E-state index contributed by atoms with van der Waals surface area (Å²) < 4.78 is 25.2. The number of halogens is 1. The highest BCUT2D eigenvalue weighted by Gasteiger charge is 2.32. The molecule has 7 heteroatoms. The maximum absolute atomic E-state index is 12.3. The molecule has 18 heavy (non-hydrogen) atoms. The quantitative estimate of drug-likeness (QED) is 0.844. The number of nitrogen functional groups attached to an aromatic ring is 1. The van der Waals surface area contributed by atoms with Gasteiger partial charge in [-0.1, -0.05) is 15.9 Å². The molecule has 100 valence electrons. The van der Waals surface area contributed by atoms with Gasteiger partial charge in [0, 0.05) is 18.6 Å². The molecule has 0 aliphatic heterocycles. The summed E-state index contributed by atoms with van der Waals surface area (Å²) in [6, 6.07) is 4.54. The molecule has 1 aromatic rings. The van der Waals surface area contributed by atoms with Crippen molar-refractivity contribution in [2.24, 2.45) is 0 Å². The minimum absolute atomic E-state index is 0.0282. The summed E-state index contributed by atoms with van der Waals surface area (Å²) in [5.41, 5.74) is 5.80. The first-order valence-electron chi connectivity index (χ1n) is 5.18. The lowest BCUT2D eigenvalue weighted by molar-refractivity contribution is -0.127. The second-order valence-corrected chi connectivity index (χ2v) is 7.25. The Labute approximate surface area is 115 Å². The lowest BCUT2D eigenvalue weighted by Crippen LogP contribution is -2.37. The van der Waals surface area contributed by atoms with Crippen molar-refractivity contribution < 1.29 is 13.2 Å². The van der Waals surface area contributed by atoms with Crippen LogP contribution in [-0.4, -0.2) is 38.6 Å². The van der Waals surface area contributed by atoms with Crippen LogP contribution in [0, 0.1) is 0 Å². The van der Waals surface area contributed by atoms with Gasteiger partial charge in [-0.05, 0) is 25.1 Å². The van der Waals surface area contributed by atoms with Crippen LogP contribution >= 0.6 is 15.9 Å². The lowest BCUT2D eigenvalue weighted by atomic mass is 10.3. The van der Waals surface area contributed by atoms with Crippen LogP contribution in [0.25, 0.3) is 0 Å². The molecule has 2 N–H and O–H groups in total. The fourth-order valence-corrected chi connectivity index (χ4v) is 3.50. The fraction of sp³-hybridized carbons (Fsp3) is 0.364. The van der Waals surface area contributed by atoms with Crippen molar-refractivity contribution in [3.63, 3.8) is 0 Å². The van der Waals surface area contributed by atoms with Gasteiger partial charge in [0.05, 0.1) is 10.6 Å². The molecule has 0 aliphatic rings. The van der Waals surface area contributed by atoms with Crippen molar-refractivity contribution in [1.82, 2.24) is 4.90 Å². The molecular weight excluding hydrogens is 320 g/mol. The van der Waals surface area contributed by atoms with Crippen LogP contribution in [-0.2, 0) is 14.6 Å². The Hall–Kier alpha value is -1.08. The minimum atomic E-state index is -3.78. The van der Waals surface area contributed by atoms with Crippen LogP contribution in [0.2, 0.25) is 0 Å². The van der Waals surface area contributed by atoms with E-state index in [1.165, 1.54) is 38.1 Å². The highest BCUT2D eigenvalue weighted by Crippen LogP contribution is 2.26. The smallest absolute Gasteiger partial charge is 0.240 e. The van der Waals surface area contributed by atoms with Crippen LogP contribution < -0.4 is 5.73 Å². The number of nitrogens with two attached hydrogens (primary N) is 1. The second-order valence-electron chi connectivity index (χ2n) is 4.10. The van der Waals surface area contributed by atoms with E-state index in [1.54, 1.807) is 6.07 Å². The zero-order valence-corrected chi connectivity index (χ0v) is 12.7. The van der Waals surface area contributed by atoms with Crippen molar-refractivity contribution in [2.45, 2.75) is 17.1 Å². The van der Waals surface area contributed by atoms with Crippen molar-refractivity contribution in [3.8, 4) is 0 Å². The van der Waals surface area contributed by atoms with E-state index in [9.17, 15) is 13.2 Å². The van der Waals surface area contributed by atoms with Crippen molar-refractivity contribution in [2.75, 3.05) is 19.8 Å². The molecule has 0 aliphatic carbocycles. The molecule has 0 saturated heterocycles. The van der Waals surface area contributed by atoms with Crippen LogP contribution in [0.1, 0.15) is 6.92 Å². The minimum Gasteiger partial charge on any atom is -0.398 e. The number of sulfone groups is 1. The number of amides is 1. The number of benzene rings is 1. The van der Waals surface area contributed by atoms with E-state index in [4.69, 9.17) is 5.73 Å². The number of carbonyl (C=O) groups is 1. The van der Waals surface area contributed by atoms with E-state index in [0.29, 0.717) is 4.47 Å². The van der Waals surface area contributed by atoms with Gasteiger partial charge in [-0.15, -0.1) is 0 Å². The third-order valence-corrected chi connectivity index (χ3v) is 5.13. The van der Waals surface area contributed by atoms with Gasteiger partial charge < -0.3 is 10.6 Å². The van der Waals surface area contributed by atoms with Crippen molar-refractivity contribution in [3.05, 3.63) is 22.7 Å². The first-order valence-corrected chi connectivity index (χ1v) is 7.52. The molecule has 1 amide bonds. The van der Waals surface area contributed by atoms with Gasteiger partial charge in [-0.3, -0.25) is 4.79 Å². The van der Waals surface area contributed by atoms with Gasteiger partial charge in [0.1, 0.15) is 5.25 Å². The van der Waals surface area contributed by atoms with Crippen molar-refractivity contribution >= 4 is 37.4 Å². The highest BCUT2D eigenvalue weighted by atomic mass is 79.9. The summed E-state index contributed by atoms with van der Waals surface area (Å²) >= 11 is 3.19. The number of carbonyl (C=O) groups excluding carboxylic acids is 1. The molecule has 1 atom stereocenters. The summed E-state index contributed by atoms with van der Waals surface area (Å²) in [7, 11) is -0.758. The van der Waals surface area contributed by atoms with E-state index in [-0.39, 0.29) is 10.6 Å². The average Bonchev–Trinajstić information content (AvgIpc) is 2.29. The Morgan fingerprint density at radius 1 is 1.39 bits per heavy atom. The maximum Gasteiger partial charge on any atom is 0.240 e. The first-order chi connectivity index (χ1) is 8.17. The van der Waals surface area contributed by atoms with Crippen LogP contribution in [0.5, 0.6) is 0 Å². The molecule has 1 aromatic carbocycles. The topological polar surface area (TPSA) is 80.5 Å². The standard InChI is InChI=1S/C11H15BrN2O3S/c1-7(11(15)14(2)3)18(16,17)10-6-8(12)4-5-9(10)13/h4-7H,13H2,1-3H3. The van der Waals surface area contributed by atoms with Gasteiger partial charge >= 0.3 is 0 Å². The van der Waals surface area contributed by atoms with Crippen molar-refractivity contribution in [1.29, 1.82) is 0 Å². The van der Waals surface area contributed by atoms with E-state index in [2.05, 4.69) is 15.9 Å². The maximum atomic E-state index is 12.3. The van der Waals surface area contributed by atoms with E-state index >= 15 is 0 Å². The van der Waals surface area contributed by atoms with Gasteiger partial charge in [0.25, 0.3) is 0 Å². The van der Waals surface area contributed by atoms with Crippen LogP contribution in [0.15, 0.2) is 27.6 Å². The molecule has 0 heterocycles. The Bertz CT molecular complexity index is 570. The van der Waals surface area contributed by atoms with Gasteiger partial charge in [-0.2, -0.15) is 0 Å². The van der Waals surface area contributed by atoms with Crippen LogP contribution in [0.3, 0.4) is 0 Å². The summed E-state index contributed by atoms with van der Waals surface area (Å²) in [6.07, 6.45) is 0. The lowest BCUT2D eigenvalue weighted by Gasteiger charge is -2.18. The van der Waals surface area contributed by atoms with Gasteiger partial charge in [0.2, 0.25) is 5.91 Å². The average molecular weight is 335 g/mol. The molecular formula is C11H15BrN2O3S. The Balaban J connectivity index is 3.30. The molecule has 0 radical (unpaired) electrons. The number of hydrogen-bond acceptors (Lipinski definition) is 4. The zero-order chi connectivity index (χ0) is 14.1. The molecule has 0 spiro atoms. The molecule has 0 saturated carbocycles. The SMILES string of the molecule is CC(C(=O)N(C)C)S(=O)(=O)c1cc(Br)ccc1N. The molecule has 1 unspecified atom stereocenters. The Kier molecular flexibility index (Phi) is 4.39. The van der Waals surface area contributed by atoms with E-state index < -0.39 is 21.0 Å². The largest absolute Gasteiger partial charge is 0.398 e. The number of nitrogens with zero attached hydrogens (tertiary/aromatic N) is 1. The Morgan fingerprint density at radius 2 is 1.94 bits per heavy atom. The summed E-state index contributed by atoms with van der Waals surface area (Å²) in [6.45, 7) is 1.36. The van der Waals surface area contributed by atoms with Gasteiger partial charge in [-0.25, -0.2) is 8.42 Å². The Morgan fingerprint density at radius 3 is 2.44 bits per heavy atom. The highest BCUT2D eigenvalue weighted by molar-refractivity contribution is 9.10. The number of rotatable bonds is 3. The van der Waals surface area contributed by atoms with Gasteiger partial charge in [0.15, 0.2) is 9.84 Å². The predicted octanol–water partition coefficient (Wildman–Crippen LogP) is 1.28. The van der Waals surface area contributed by atoms with Crippen LogP contribution in [0.4, 0.5) is 5.69 Å². The third-order valence-electron chi connectivity index (χ3n) is 2.54. The molecule has 0 aromatic heterocycles. The predicted molar refractivity (Wildman–Crippen MR) is 73.9 cm³/mol. The third kappa shape index (κ3) is 2.84. The normalized spacial score (nSPS) is 13.1. The first kappa shape index (κ1) is 15.0. The fourth-order valence-electron chi connectivity index (χ4n) is 1.44. The zero-order valence-electron chi connectivity index (χ0n) is 10.3. The summed E-state index contributed by atoms with van der Waals surface area (Å²) in [5, 5.41) is -1.16. The van der Waals surface area contributed by atoms with E-state index in [0.717, 1.165) is 0 Å². The molecule has 0 fully saturated rings. The van der Waals surface area contributed by atoms with E-state index in [1.807, 2.05) is 0 Å². The molecule has 5 nitrogen and oxygen atoms in total. The monoisotopic (exact) mass is 334 g/mol. The summed E-state index contributed by atoms with van der Waals surface area (Å²) in [4.78, 5) is 13.0. The number of anilines is 1. The number of hydrogen-bond donors (Lipinski definition) is 1. The molecule has 1 rings (SSSR count).